The predicted molar refractivity (Wildman–Crippen MR) is 86.7 cm³/mol. The summed E-state index contributed by atoms with van der Waals surface area (Å²) in [6, 6.07) is 8.96. The lowest BCUT2D eigenvalue weighted by Crippen LogP contribution is -2.39. The summed E-state index contributed by atoms with van der Waals surface area (Å²) in [5.74, 6) is 0. The first-order valence-corrected chi connectivity index (χ1v) is 8.22. The van der Waals surface area contributed by atoms with Crippen molar-refractivity contribution in [1.82, 2.24) is 4.90 Å². The van der Waals surface area contributed by atoms with Gasteiger partial charge in [0, 0.05) is 10.1 Å². The minimum atomic E-state index is 0.641. The lowest BCUT2D eigenvalue weighted by Gasteiger charge is -2.41. The molecule has 2 heteroatoms. The van der Waals surface area contributed by atoms with Crippen LogP contribution in [-0.4, -0.2) is 18.0 Å². The summed E-state index contributed by atoms with van der Waals surface area (Å²) in [4.78, 5) is 2.62. The van der Waals surface area contributed by atoms with Gasteiger partial charge in [0.05, 0.1) is 0 Å². The van der Waals surface area contributed by atoms with Crippen molar-refractivity contribution >= 4 is 22.6 Å². The van der Waals surface area contributed by atoms with Gasteiger partial charge in [-0.05, 0) is 71.6 Å². The second kappa shape index (κ2) is 6.38. The minimum Gasteiger partial charge on any atom is -0.299 e. The highest BCUT2D eigenvalue weighted by Gasteiger charge is 2.30. The van der Waals surface area contributed by atoms with Crippen LogP contribution in [0.25, 0.3) is 0 Å². The Bertz CT molecular complexity index is 357. The third-order valence-corrected chi connectivity index (χ3v) is 5.46. The molecule has 2 rings (SSSR count). The fourth-order valence-corrected chi connectivity index (χ4v) is 3.35. The first kappa shape index (κ1) is 14.3. The van der Waals surface area contributed by atoms with Crippen LogP contribution in [0.3, 0.4) is 0 Å². The molecule has 1 fully saturated rings. The number of piperidine rings is 1. The number of hydrogen-bond acceptors (Lipinski definition) is 1. The van der Waals surface area contributed by atoms with E-state index in [1.165, 1.54) is 47.9 Å². The van der Waals surface area contributed by atoms with Crippen molar-refractivity contribution in [3.05, 3.63) is 33.4 Å². The van der Waals surface area contributed by atoms with Crippen molar-refractivity contribution < 1.29 is 0 Å². The summed E-state index contributed by atoms with van der Waals surface area (Å²) >= 11 is 2.37. The molecular formula is C16H24IN. The average molecular weight is 357 g/mol. The standard InChI is InChI=1S/C16H24IN/c1-3-16(4-2)9-11-18(12-10-16)13-14-5-7-15(17)8-6-14/h5-8H,3-4,9-13H2,1-2H3. The first-order valence-electron chi connectivity index (χ1n) is 7.14. The molecule has 1 heterocycles. The van der Waals surface area contributed by atoms with E-state index in [1.807, 2.05) is 0 Å². The number of likely N-dealkylation sites (tertiary alicyclic amines) is 1. The Balaban J connectivity index is 1.88. The molecule has 1 aromatic rings. The highest BCUT2D eigenvalue weighted by Crippen LogP contribution is 2.38. The Hall–Kier alpha value is -0.0900. The maximum atomic E-state index is 2.62. The Morgan fingerprint density at radius 2 is 1.61 bits per heavy atom. The molecule has 0 spiro atoms. The van der Waals surface area contributed by atoms with Gasteiger partial charge in [-0.15, -0.1) is 0 Å². The van der Waals surface area contributed by atoms with Crippen LogP contribution >= 0.6 is 22.6 Å². The van der Waals surface area contributed by atoms with Gasteiger partial charge >= 0.3 is 0 Å². The Labute approximate surface area is 125 Å². The Morgan fingerprint density at radius 1 is 1.06 bits per heavy atom. The van der Waals surface area contributed by atoms with E-state index in [2.05, 4.69) is 65.6 Å². The van der Waals surface area contributed by atoms with Gasteiger partial charge in [0.2, 0.25) is 0 Å². The van der Waals surface area contributed by atoms with Gasteiger partial charge in [-0.3, -0.25) is 4.90 Å². The van der Waals surface area contributed by atoms with Crippen molar-refractivity contribution in [2.75, 3.05) is 13.1 Å². The largest absolute Gasteiger partial charge is 0.299 e. The molecule has 0 atom stereocenters. The average Bonchev–Trinajstić information content (AvgIpc) is 2.43. The zero-order valence-corrected chi connectivity index (χ0v) is 13.7. The molecule has 0 aliphatic carbocycles. The number of halogens is 1. The molecular weight excluding hydrogens is 333 g/mol. The quantitative estimate of drug-likeness (QED) is 0.707. The van der Waals surface area contributed by atoms with Crippen LogP contribution < -0.4 is 0 Å². The third kappa shape index (κ3) is 3.47. The SMILES string of the molecule is CCC1(CC)CCN(Cc2ccc(I)cc2)CC1. The van der Waals surface area contributed by atoms with Crippen LogP contribution in [0.4, 0.5) is 0 Å². The number of nitrogens with zero attached hydrogens (tertiary/aromatic N) is 1. The fourth-order valence-electron chi connectivity index (χ4n) is 2.99. The lowest BCUT2D eigenvalue weighted by molar-refractivity contribution is 0.0909. The monoisotopic (exact) mass is 357 g/mol. The first-order chi connectivity index (χ1) is 8.67. The molecule has 0 radical (unpaired) electrons. The Morgan fingerprint density at radius 3 is 2.11 bits per heavy atom. The van der Waals surface area contributed by atoms with Crippen LogP contribution in [-0.2, 0) is 6.54 Å². The number of rotatable bonds is 4. The maximum Gasteiger partial charge on any atom is 0.0233 e. The predicted octanol–water partition coefficient (Wildman–Crippen LogP) is 4.69. The molecule has 1 aliphatic heterocycles. The fraction of sp³-hybridized carbons (Fsp3) is 0.625. The van der Waals surface area contributed by atoms with Crippen LogP contribution in [0, 0.1) is 8.99 Å². The summed E-state index contributed by atoms with van der Waals surface area (Å²) in [5, 5.41) is 0. The molecule has 1 aromatic carbocycles. The van der Waals surface area contributed by atoms with E-state index >= 15 is 0 Å². The highest BCUT2D eigenvalue weighted by molar-refractivity contribution is 14.1. The van der Waals surface area contributed by atoms with Crippen LogP contribution in [0.15, 0.2) is 24.3 Å². The molecule has 1 aliphatic rings. The van der Waals surface area contributed by atoms with E-state index in [9.17, 15) is 0 Å². The van der Waals surface area contributed by atoms with E-state index in [4.69, 9.17) is 0 Å². The van der Waals surface area contributed by atoms with E-state index in [1.54, 1.807) is 0 Å². The molecule has 18 heavy (non-hydrogen) atoms. The molecule has 0 saturated carbocycles. The van der Waals surface area contributed by atoms with Crippen molar-refractivity contribution in [2.24, 2.45) is 5.41 Å². The molecule has 100 valence electrons. The second-order valence-corrected chi connectivity index (χ2v) is 6.86. The molecule has 0 aromatic heterocycles. The van der Waals surface area contributed by atoms with Crippen LogP contribution in [0.1, 0.15) is 45.1 Å². The highest BCUT2D eigenvalue weighted by atomic mass is 127. The summed E-state index contributed by atoms with van der Waals surface area (Å²) in [6.07, 6.45) is 5.45. The van der Waals surface area contributed by atoms with Gasteiger partial charge in [0.15, 0.2) is 0 Å². The van der Waals surface area contributed by atoms with Crippen molar-refractivity contribution in [3.63, 3.8) is 0 Å². The van der Waals surface area contributed by atoms with E-state index in [0.717, 1.165) is 6.54 Å². The van der Waals surface area contributed by atoms with Crippen molar-refractivity contribution in [1.29, 1.82) is 0 Å². The van der Waals surface area contributed by atoms with Crippen molar-refractivity contribution in [3.8, 4) is 0 Å². The summed E-state index contributed by atoms with van der Waals surface area (Å²) < 4.78 is 1.32. The molecule has 0 N–H and O–H groups in total. The normalized spacial score (nSPS) is 19.9. The molecule has 1 nitrogen and oxygen atoms in total. The third-order valence-electron chi connectivity index (χ3n) is 4.74. The van der Waals surface area contributed by atoms with Gasteiger partial charge in [-0.2, -0.15) is 0 Å². The van der Waals surface area contributed by atoms with Gasteiger partial charge < -0.3 is 0 Å². The molecule has 1 saturated heterocycles. The second-order valence-electron chi connectivity index (χ2n) is 5.61. The smallest absolute Gasteiger partial charge is 0.0233 e. The zero-order chi connectivity index (χ0) is 13.0. The number of benzene rings is 1. The van der Waals surface area contributed by atoms with Crippen LogP contribution in [0.5, 0.6) is 0 Å². The van der Waals surface area contributed by atoms with E-state index in [0.29, 0.717) is 5.41 Å². The van der Waals surface area contributed by atoms with Gasteiger partial charge in [-0.25, -0.2) is 0 Å². The lowest BCUT2D eigenvalue weighted by atomic mass is 9.74. The van der Waals surface area contributed by atoms with Gasteiger partial charge in [0.1, 0.15) is 0 Å². The molecule has 0 unspecified atom stereocenters. The van der Waals surface area contributed by atoms with Gasteiger partial charge in [-0.1, -0.05) is 38.8 Å². The number of hydrogen-bond donors (Lipinski definition) is 0. The maximum absolute atomic E-state index is 2.62. The molecule has 0 bridgehead atoms. The van der Waals surface area contributed by atoms with Crippen LogP contribution in [0.2, 0.25) is 0 Å². The van der Waals surface area contributed by atoms with E-state index in [-0.39, 0.29) is 0 Å². The summed E-state index contributed by atoms with van der Waals surface area (Å²) in [5.41, 5.74) is 2.10. The summed E-state index contributed by atoms with van der Waals surface area (Å²) in [6.45, 7) is 8.39. The minimum absolute atomic E-state index is 0.641. The van der Waals surface area contributed by atoms with Gasteiger partial charge in [0.25, 0.3) is 0 Å². The van der Waals surface area contributed by atoms with E-state index < -0.39 is 0 Å². The summed E-state index contributed by atoms with van der Waals surface area (Å²) in [7, 11) is 0. The Kier molecular flexibility index (Phi) is 5.07. The zero-order valence-electron chi connectivity index (χ0n) is 11.6. The molecule has 0 amide bonds. The van der Waals surface area contributed by atoms with Crippen molar-refractivity contribution in [2.45, 2.75) is 46.1 Å². The topological polar surface area (TPSA) is 3.24 Å².